The molecule has 2 aromatic carbocycles. The summed E-state index contributed by atoms with van der Waals surface area (Å²) in [5.41, 5.74) is 2.49. The Balaban J connectivity index is 1.60. The van der Waals surface area contributed by atoms with Crippen molar-refractivity contribution in [3.8, 4) is 5.82 Å². The Labute approximate surface area is 236 Å². The third-order valence-corrected chi connectivity index (χ3v) is 6.76. The van der Waals surface area contributed by atoms with Gasteiger partial charge in [-0.05, 0) is 73.6 Å². The van der Waals surface area contributed by atoms with Crippen molar-refractivity contribution in [1.82, 2.24) is 19.7 Å². The van der Waals surface area contributed by atoms with E-state index < -0.39 is 17.5 Å². The van der Waals surface area contributed by atoms with Gasteiger partial charge in [0.15, 0.2) is 11.6 Å². The second-order valence-electron chi connectivity index (χ2n) is 10.2. The van der Waals surface area contributed by atoms with Crippen molar-refractivity contribution in [3.63, 3.8) is 0 Å². The van der Waals surface area contributed by atoms with Crippen LogP contribution >= 0.6 is 11.6 Å². The van der Waals surface area contributed by atoms with Gasteiger partial charge in [0, 0.05) is 29.8 Å². The van der Waals surface area contributed by atoms with E-state index in [9.17, 15) is 18.0 Å². The number of benzene rings is 2. The van der Waals surface area contributed by atoms with Crippen LogP contribution in [0, 0.1) is 12.8 Å². The Kier molecular flexibility index (Phi) is 8.93. The van der Waals surface area contributed by atoms with Crippen molar-refractivity contribution in [2.24, 2.45) is 5.92 Å². The molecule has 210 valence electrons. The van der Waals surface area contributed by atoms with E-state index >= 15 is 0 Å². The molecule has 0 atom stereocenters. The number of hydrogen-bond donors (Lipinski definition) is 1. The molecule has 0 saturated carbocycles. The number of aryl methyl sites for hydroxylation is 3. The van der Waals surface area contributed by atoms with Gasteiger partial charge in [-0.15, -0.1) is 0 Å². The maximum absolute atomic E-state index is 13.6. The van der Waals surface area contributed by atoms with Crippen LogP contribution in [0.4, 0.5) is 24.7 Å². The molecular weight excluding hydrogens is 539 g/mol. The van der Waals surface area contributed by atoms with E-state index in [-0.39, 0.29) is 12.0 Å². The minimum atomic E-state index is -4.54. The van der Waals surface area contributed by atoms with Gasteiger partial charge in [0.05, 0.1) is 22.0 Å². The maximum atomic E-state index is 13.6. The number of carbonyl (C=O) groups is 1. The molecule has 0 aliphatic heterocycles. The summed E-state index contributed by atoms with van der Waals surface area (Å²) >= 11 is 6.48. The maximum Gasteiger partial charge on any atom is 0.416 e. The fourth-order valence-electron chi connectivity index (χ4n) is 4.28. The predicted molar refractivity (Wildman–Crippen MR) is 151 cm³/mol. The summed E-state index contributed by atoms with van der Waals surface area (Å²) in [4.78, 5) is 21.8. The summed E-state index contributed by atoms with van der Waals surface area (Å²) in [6, 6.07) is 12.4. The van der Waals surface area contributed by atoms with Crippen LogP contribution < -0.4 is 5.32 Å². The minimum Gasteiger partial charge on any atom is -0.339 e. The van der Waals surface area contributed by atoms with E-state index in [1.807, 2.05) is 39.8 Å². The summed E-state index contributed by atoms with van der Waals surface area (Å²) < 4.78 is 42.4. The molecule has 0 spiro atoms. The van der Waals surface area contributed by atoms with E-state index in [0.717, 1.165) is 36.4 Å². The minimum absolute atomic E-state index is 0.0437. The fourth-order valence-corrected chi connectivity index (χ4v) is 4.44. The molecule has 0 aliphatic rings. The highest BCUT2D eigenvalue weighted by molar-refractivity contribution is 6.33. The average molecular weight is 570 g/mol. The summed E-state index contributed by atoms with van der Waals surface area (Å²) in [7, 11) is 0. The first-order valence-electron chi connectivity index (χ1n) is 13.1. The van der Waals surface area contributed by atoms with Crippen LogP contribution in [0.1, 0.15) is 65.6 Å². The van der Waals surface area contributed by atoms with Crippen molar-refractivity contribution >= 4 is 28.9 Å². The Morgan fingerprint density at radius 1 is 1.05 bits per heavy atom. The number of ketones is 1. The molecule has 0 saturated heterocycles. The normalized spacial score (nSPS) is 11.7. The number of nitrogens with one attached hydrogen (secondary N) is 1. The molecule has 4 aromatic rings. The summed E-state index contributed by atoms with van der Waals surface area (Å²) in [6.45, 7) is 7.87. The van der Waals surface area contributed by atoms with Gasteiger partial charge in [0.1, 0.15) is 12.1 Å². The number of aromatic nitrogens is 4. The summed E-state index contributed by atoms with van der Waals surface area (Å²) in [5, 5.41) is 8.20. The summed E-state index contributed by atoms with van der Waals surface area (Å²) in [5.74, 6) is 1.12. The highest BCUT2D eigenvalue weighted by Gasteiger charge is 2.31. The second-order valence-corrected chi connectivity index (χ2v) is 10.6. The molecule has 0 aliphatic carbocycles. The van der Waals surface area contributed by atoms with E-state index in [0.29, 0.717) is 45.8 Å². The molecule has 0 amide bonds. The van der Waals surface area contributed by atoms with Gasteiger partial charge in [-0.25, -0.2) is 9.97 Å². The molecule has 4 rings (SSSR count). The van der Waals surface area contributed by atoms with Crippen LogP contribution in [0.3, 0.4) is 0 Å². The zero-order valence-corrected chi connectivity index (χ0v) is 23.6. The van der Waals surface area contributed by atoms with E-state index in [4.69, 9.17) is 11.6 Å². The number of anilines is 2. The van der Waals surface area contributed by atoms with E-state index in [1.165, 1.54) is 6.33 Å². The lowest BCUT2D eigenvalue weighted by Crippen LogP contribution is -2.11. The third-order valence-electron chi connectivity index (χ3n) is 6.43. The monoisotopic (exact) mass is 569 g/mol. The highest BCUT2D eigenvalue weighted by atomic mass is 35.5. The average Bonchev–Trinajstić information content (AvgIpc) is 3.28. The molecule has 0 fully saturated rings. The predicted octanol–water partition coefficient (Wildman–Crippen LogP) is 7.96. The topological polar surface area (TPSA) is 72.7 Å². The number of carbonyl (C=O) groups excluding carboxylic acids is 1. The van der Waals surface area contributed by atoms with Crippen molar-refractivity contribution in [3.05, 3.63) is 93.5 Å². The van der Waals surface area contributed by atoms with Crippen molar-refractivity contribution in [2.45, 2.75) is 59.6 Å². The molecule has 6 nitrogen and oxygen atoms in total. The van der Waals surface area contributed by atoms with Crippen LogP contribution in [0.25, 0.3) is 5.82 Å². The number of rotatable bonds is 10. The van der Waals surface area contributed by atoms with Crippen LogP contribution in [-0.4, -0.2) is 25.5 Å². The van der Waals surface area contributed by atoms with Gasteiger partial charge in [0.25, 0.3) is 0 Å². The van der Waals surface area contributed by atoms with Gasteiger partial charge in [-0.1, -0.05) is 38.4 Å². The number of Topliss-reactive ketones (excluding diaryl/α,β-unsaturated/α-hetero) is 1. The molecule has 1 N–H and O–H groups in total. The van der Waals surface area contributed by atoms with Gasteiger partial charge >= 0.3 is 6.18 Å². The third kappa shape index (κ3) is 7.27. The van der Waals surface area contributed by atoms with Crippen LogP contribution in [0.5, 0.6) is 0 Å². The van der Waals surface area contributed by atoms with Gasteiger partial charge < -0.3 is 5.32 Å². The molecular formula is C30H31ClF3N5O. The molecule has 10 heteroatoms. The first kappa shape index (κ1) is 29.3. The molecule has 0 bridgehead atoms. The lowest BCUT2D eigenvalue weighted by atomic mass is 9.95. The van der Waals surface area contributed by atoms with Crippen molar-refractivity contribution in [1.29, 1.82) is 0 Å². The Morgan fingerprint density at radius 3 is 2.52 bits per heavy atom. The van der Waals surface area contributed by atoms with Crippen LogP contribution in [-0.2, 0) is 25.4 Å². The Bertz CT molecular complexity index is 1510. The van der Waals surface area contributed by atoms with Crippen molar-refractivity contribution < 1.29 is 18.0 Å². The SMILES string of the molecule is CCc1cc(-n2nc(C)cc2Nc2cc(CC(=O)c3cc(CCC(C)C)cc(C(F)(F)F)c3)ccc2Cl)ncn1. The smallest absolute Gasteiger partial charge is 0.339 e. The van der Waals surface area contributed by atoms with Gasteiger partial charge in [-0.3, -0.25) is 4.79 Å². The van der Waals surface area contributed by atoms with Crippen LogP contribution in [0.2, 0.25) is 5.02 Å². The number of nitrogens with zero attached hydrogens (tertiary/aromatic N) is 4. The lowest BCUT2D eigenvalue weighted by Gasteiger charge is -2.14. The molecule has 0 unspecified atom stereocenters. The fraction of sp³-hybridized carbons (Fsp3) is 0.333. The van der Waals surface area contributed by atoms with Gasteiger partial charge in [0.2, 0.25) is 0 Å². The number of halogens is 4. The van der Waals surface area contributed by atoms with Crippen LogP contribution in [0.15, 0.2) is 54.9 Å². The second kappa shape index (κ2) is 12.2. The molecule has 0 radical (unpaired) electrons. The first-order valence-corrected chi connectivity index (χ1v) is 13.5. The number of hydrogen-bond acceptors (Lipinski definition) is 5. The van der Waals surface area contributed by atoms with Gasteiger partial charge in [-0.2, -0.15) is 23.0 Å². The van der Waals surface area contributed by atoms with E-state index in [1.54, 1.807) is 28.9 Å². The standard InChI is InChI=1S/C30H31ClF3N5O/c1-5-24-16-28(36-17-35-24)39-29(10-19(4)38-39)37-26-13-21(8-9-25(26)31)14-27(40)22-11-20(7-6-18(2)3)12-23(15-22)30(32,33)34/h8-13,15-18,37H,5-7,14H2,1-4H3. The van der Waals surface area contributed by atoms with Crippen molar-refractivity contribution in [2.75, 3.05) is 5.32 Å². The molecule has 40 heavy (non-hydrogen) atoms. The largest absolute Gasteiger partial charge is 0.416 e. The number of alkyl halides is 3. The Hall–Kier alpha value is -3.72. The lowest BCUT2D eigenvalue weighted by molar-refractivity contribution is -0.137. The molecule has 2 aromatic heterocycles. The van der Waals surface area contributed by atoms with E-state index in [2.05, 4.69) is 20.4 Å². The molecule has 2 heterocycles. The zero-order chi connectivity index (χ0) is 29.0. The quantitative estimate of drug-likeness (QED) is 0.196. The summed E-state index contributed by atoms with van der Waals surface area (Å²) in [6.07, 6.45) is -1.20. The first-order chi connectivity index (χ1) is 18.9. The highest BCUT2D eigenvalue weighted by Crippen LogP contribution is 2.32. The zero-order valence-electron chi connectivity index (χ0n) is 22.8. The Morgan fingerprint density at radius 2 is 1.82 bits per heavy atom.